The van der Waals surface area contributed by atoms with Crippen molar-refractivity contribution < 1.29 is 9.90 Å². The predicted molar refractivity (Wildman–Crippen MR) is 54.8 cm³/mol. The van der Waals surface area contributed by atoms with Gasteiger partial charge in [-0.05, 0) is 6.92 Å². The van der Waals surface area contributed by atoms with Gasteiger partial charge in [-0.25, -0.2) is 9.78 Å². The lowest BCUT2D eigenvalue weighted by atomic mass is 10.4. The van der Waals surface area contributed by atoms with Crippen LogP contribution in [0.2, 0.25) is 0 Å². The Hall–Kier alpha value is -1.82. The van der Waals surface area contributed by atoms with E-state index < -0.39 is 5.97 Å². The molecular weight excluding hydrogens is 214 g/mol. The van der Waals surface area contributed by atoms with Crippen molar-refractivity contribution in [1.82, 2.24) is 15.0 Å². The van der Waals surface area contributed by atoms with Crippen LogP contribution in [0, 0.1) is 6.92 Å². The van der Waals surface area contributed by atoms with Gasteiger partial charge in [0.15, 0.2) is 0 Å². The molecule has 2 aromatic heterocycles. The summed E-state index contributed by atoms with van der Waals surface area (Å²) < 4.78 is 0. The summed E-state index contributed by atoms with van der Waals surface area (Å²) in [6.07, 6.45) is 4.67. The summed E-state index contributed by atoms with van der Waals surface area (Å²) in [6, 6.07) is 0. The van der Waals surface area contributed by atoms with Crippen LogP contribution >= 0.6 is 11.3 Å². The van der Waals surface area contributed by atoms with Crippen molar-refractivity contribution in [3.8, 4) is 10.7 Å². The molecule has 0 aromatic carbocycles. The average molecular weight is 221 g/mol. The van der Waals surface area contributed by atoms with Crippen LogP contribution in [0.15, 0.2) is 18.6 Å². The highest BCUT2D eigenvalue weighted by atomic mass is 32.1. The van der Waals surface area contributed by atoms with Gasteiger partial charge in [-0.3, -0.25) is 9.97 Å². The number of carbonyl (C=O) groups is 1. The summed E-state index contributed by atoms with van der Waals surface area (Å²) in [5.41, 5.74) is 1.10. The number of hydrogen-bond acceptors (Lipinski definition) is 5. The second-order valence-electron chi connectivity index (χ2n) is 2.83. The smallest absolute Gasteiger partial charge is 0.347 e. The largest absolute Gasteiger partial charge is 0.477 e. The van der Waals surface area contributed by atoms with Crippen LogP contribution in [0.1, 0.15) is 15.4 Å². The number of aromatic nitrogens is 3. The van der Waals surface area contributed by atoms with Crippen LogP contribution < -0.4 is 0 Å². The molecule has 6 heteroatoms. The van der Waals surface area contributed by atoms with Crippen LogP contribution in [0.4, 0.5) is 0 Å². The summed E-state index contributed by atoms with van der Waals surface area (Å²) in [5, 5.41) is 9.44. The second-order valence-corrected chi connectivity index (χ2v) is 3.83. The van der Waals surface area contributed by atoms with E-state index in [1.54, 1.807) is 25.5 Å². The van der Waals surface area contributed by atoms with Crippen LogP contribution in [-0.2, 0) is 0 Å². The Morgan fingerprint density at radius 1 is 1.47 bits per heavy atom. The molecule has 5 nitrogen and oxygen atoms in total. The fourth-order valence-corrected chi connectivity index (χ4v) is 1.98. The van der Waals surface area contributed by atoms with Crippen LogP contribution in [-0.4, -0.2) is 26.0 Å². The van der Waals surface area contributed by atoms with Crippen molar-refractivity contribution in [3.63, 3.8) is 0 Å². The molecule has 0 saturated heterocycles. The normalized spacial score (nSPS) is 10.2. The highest BCUT2D eigenvalue weighted by Crippen LogP contribution is 2.25. The van der Waals surface area contributed by atoms with Crippen molar-refractivity contribution in [1.29, 1.82) is 0 Å². The lowest BCUT2D eigenvalue weighted by molar-refractivity contribution is 0.0701. The van der Waals surface area contributed by atoms with E-state index in [9.17, 15) is 4.79 Å². The minimum absolute atomic E-state index is 0.246. The zero-order valence-electron chi connectivity index (χ0n) is 7.84. The van der Waals surface area contributed by atoms with Gasteiger partial charge in [0.2, 0.25) is 0 Å². The number of aromatic carboxylic acids is 1. The highest BCUT2D eigenvalue weighted by Gasteiger charge is 2.15. The first kappa shape index (κ1) is 9.72. The van der Waals surface area contributed by atoms with E-state index in [-0.39, 0.29) is 4.88 Å². The van der Waals surface area contributed by atoms with E-state index in [0.717, 1.165) is 11.3 Å². The van der Waals surface area contributed by atoms with E-state index in [4.69, 9.17) is 5.11 Å². The quantitative estimate of drug-likeness (QED) is 0.833. The summed E-state index contributed by atoms with van der Waals surface area (Å²) in [6.45, 7) is 1.67. The molecule has 2 rings (SSSR count). The molecule has 0 aliphatic rings. The standard InChI is InChI=1S/C9H7N3O2S/c1-5-7(9(13)14)15-8(12-5)6-4-10-2-3-11-6/h2-4H,1H3,(H,13,14). The van der Waals surface area contributed by atoms with Crippen molar-refractivity contribution in [2.45, 2.75) is 6.92 Å². The third kappa shape index (κ3) is 1.84. The molecule has 0 amide bonds. The van der Waals surface area contributed by atoms with Crippen molar-refractivity contribution >= 4 is 17.3 Å². The molecule has 76 valence electrons. The van der Waals surface area contributed by atoms with E-state index in [1.807, 2.05) is 0 Å². The van der Waals surface area contributed by atoms with E-state index in [2.05, 4.69) is 15.0 Å². The van der Waals surface area contributed by atoms with Gasteiger partial charge < -0.3 is 5.11 Å². The van der Waals surface area contributed by atoms with Gasteiger partial charge in [-0.2, -0.15) is 0 Å². The van der Waals surface area contributed by atoms with Gasteiger partial charge in [0, 0.05) is 12.4 Å². The summed E-state index contributed by atoms with van der Waals surface area (Å²) in [5.74, 6) is -0.958. The maximum Gasteiger partial charge on any atom is 0.347 e. The molecule has 2 aromatic rings. The van der Waals surface area contributed by atoms with Gasteiger partial charge >= 0.3 is 5.97 Å². The first-order valence-electron chi connectivity index (χ1n) is 4.15. The van der Waals surface area contributed by atoms with Crippen molar-refractivity contribution in [2.24, 2.45) is 0 Å². The molecule has 0 aliphatic carbocycles. The number of carboxylic acids is 1. The SMILES string of the molecule is Cc1nc(-c2cnccn2)sc1C(=O)O. The molecule has 2 heterocycles. The summed E-state index contributed by atoms with van der Waals surface area (Å²) in [4.78, 5) is 23.1. The minimum Gasteiger partial charge on any atom is -0.477 e. The molecule has 0 saturated carbocycles. The second kappa shape index (κ2) is 3.74. The third-order valence-corrected chi connectivity index (χ3v) is 2.94. The number of nitrogens with zero attached hydrogens (tertiary/aromatic N) is 3. The molecule has 0 unspecified atom stereocenters. The molecule has 0 bridgehead atoms. The molecule has 0 spiro atoms. The Bertz CT molecular complexity index is 495. The Kier molecular flexibility index (Phi) is 2.42. The minimum atomic E-state index is -0.958. The fourth-order valence-electron chi connectivity index (χ4n) is 1.11. The molecule has 0 fully saturated rings. The van der Waals surface area contributed by atoms with Crippen molar-refractivity contribution in [3.05, 3.63) is 29.2 Å². The maximum atomic E-state index is 10.8. The monoisotopic (exact) mass is 221 g/mol. The zero-order valence-corrected chi connectivity index (χ0v) is 8.65. The van der Waals surface area contributed by atoms with Crippen LogP contribution in [0.25, 0.3) is 10.7 Å². The van der Waals surface area contributed by atoms with Crippen LogP contribution in [0.3, 0.4) is 0 Å². The number of hydrogen-bond donors (Lipinski definition) is 1. The Morgan fingerprint density at radius 2 is 2.27 bits per heavy atom. The van der Waals surface area contributed by atoms with E-state index in [0.29, 0.717) is 16.4 Å². The van der Waals surface area contributed by atoms with Gasteiger partial charge in [0.25, 0.3) is 0 Å². The van der Waals surface area contributed by atoms with Crippen LogP contribution in [0.5, 0.6) is 0 Å². The lowest BCUT2D eigenvalue weighted by Gasteiger charge is -1.90. The lowest BCUT2D eigenvalue weighted by Crippen LogP contribution is -1.94. The maximum absolute atomic E-state index is 10.8. The average Bonchev–Trinajstić information content (AvgIpc) is 2.62. The summed E-state index contributed by atoms with van der Waals surface area (Å²) >= 11 is 1.11. The molecular formula is C9H7N3O2S. The molecule has 0 radical (unpaired) electrons. The molecule has 0 aliphatic heterocycles. The fraction of sp³-hybridized carbons (Fsp3) is 0.111. The van der Waals surface area contributed by atoms with Gasteiger partial charge in [-0.15, -0.1) is 11.3 Å². The predicted octanol–water partition coefficient (Wildman–Crippen LogP) is 1.61. The molecule has 0 atom stereocenters. The number of rotatable bonds is 2. The Balaban J connectivity index is 2.48. The Labute approximate surface area is 89.5 Å². The molecule has 1 N–H and O–H groups in total. The first-order valence-corrected chi connectivity index (χ1v) is 4.97. The number of thiazole rings is 1. The third-order valence-electron chi connectivity index (χ3n) is 1.77. The molecule has 15 heavy (non-hydrogen) atoms. The van der Waals surface area contributed by atoms with Gasteiger partial charge in [0.05, 0.1) is 11.9 Å². The number of aryl methyl sites for hydroxylation is 1. The van der Waals surface area contributed by atoms with Gasteiger partial charge in [-0.1, -0.05) is 0 Å². The van der Waals surface area contributed by atoms with E-state index >= 15 is 0 Å². The zero-order chi connectivity index (χ0) is 10.8. The summed E-state index contributed by atoms with van der Waals surface area (Å²) in [7, 11) is 0. The highest BCUT2D eigenvalue weighted by molar-refractivity contribution is 7.16. The van der Waals surface area contributed by atoms with Gasteiger partial charge in [0.1, 0.15) is 15.6 Å². The topological polar surface area (TPSA) is 76.0 Å². The van der Waals surface area contributed by atoms with E-state index in [1.165, 1.54) is 0 Å². The Morgan fingerprint density at radius 3 is 2.80 bits per heavy atom. The number of carboxylic acid groups (broad SMARTS) is 1. The first-order chi connectivity index (χ1) is 7.18. The van der Waals surface area contributed by atoms with Crippen molar-refractivity contribution in [2.75, 3.05) is 0 Å².